The summed E-state index contributed by atoms with van der Waals surface area (Å²) in [4.78, 5) is 20.6. The number of ether oxygens (including phenoxy) is 2. The van der Waals surface area contributed by atoms with Crippen molar-refractivity contribution in [3.63, 3.8) is 0 Å². The van der Waals surface area contributed by atoms with E-state index in [1.165, 1.54) is 0 Å². The summed E-state index contributed by atoms with van der Waals surface area (Å²) in [7, 11) is 3.52. The molecule has 0 aromatic rings. The first-order chi connectivity index (χ1) is 14.0. The van der Waals surface area contributed by atoms with E-state index in [4.69, 9.17) is 9.47 Å². The van der Waals surface area contributed by atoms with E-state index in [0.29, 0.717) is 6.04 Å². The molecule has 1 aliphatic heterocycles. The van der Waals surface area contributed by atoms with Gasteiger partial charge < -0.3 is 25.0 Å². The van der Waals surface area contributed by atoms with Gasteiger partial charge in [-0.15, -0.1) is 0 Å². The Morgan fingerprint density at radius 1 is 1.24 bits per heavy atom. The normalized spacial score (nSPS) is 24.7. The molecule has 0 radical (unpaired) electrons. The van der Waals surface area contributed by atoms with Gasteiger partial charge in [-0.05, 0) is 26.2 Å². The Balaban J connectivity index is 1.98. The van der Waals surface area contributed by atoms with E-state index < -0.39 is 0 Å². The van der Waals surface area contributed by atoms with E-state index >= 15 is 0 Å². The molecule has 1 saturated carbocycles. The Labute approximate surface area is 176 Å². The van der Waals surface area contributed by atoms with Crippen molar-refractivity contribution in [2.75, 3.05) is 66.6 Å². The number of hydrogen-bond acceptors (Lipinski definition) is 5. The number of hydrogen-bond donors (Lipinski definition) is 2. The number of carbonyl (C=O) groups is 1. The van der Waals surface area contributed by atoms with Gasteiger partial charge in [-0.1, -0.05) is 13.8 Å². The molecule has 2 atom stereocenters. The fraction of sp³-hybridized carbons (Fsp3) is 0.905. The van der Waals surface area contributed by atoms with Crippen molar-refractivity contribution in [1.82, 2.24) is 20.4 Å². The molecule has 2 N–H and O–H groups in total. The minimum atomic E-state index is -0.00247. The lowest BCUT2D eigenvalue weighted by Crippen LogP contribution is -2.65. The summed E-state index contributed by atoms with van der Waals surface area (Å²) in [6, 6.07) is 0.304. The van der Waals surface area contributed by atoms with Crippen molar-refractivity contribution >= 4 is 11.9 Å². The lowest BCUT2D eigenvalue weighted by Gasteiger charge is -2.55. The van der Waals surface area contributed by atoms with Gasteiger partial charge in [0.1, 0.15) is 6.54 Å². The van der Waals surface area contributed by atoms with Crippen molar-refractivity contribution < 1.29 is 14.3 Å². The topological polar surface area (TPSA) is 78.4 Å². The van der Waals surface area contributed by atoms with Crippen LogP contribution in [0.4, 0.5) is 0 Å². The molecule has 8 heteroatoms. The number of rotatable bonds is 10. The molecule has 2 aliphatic rings. The average Bonchev–Trinajstić information content (AvgIpc) is 2.72. The van der Waals surface area contributed by atoms with E-state index in [1.807, 2.05) is 0 Å². The smallest absolute Gasteiger partial charge is 0.243 e. The highest BCUT2D eigenvalue weighted by atomic mass is 16.5. The number of nitrogens with one attached hydrogen (secondary N) is 2. The first-order valence-electron chi connectivity index (χ1n) is 11.1. The third-order valence-electron chi connectivity index (χ3n) is 6.48. The molecule has 1 amide bonds. The van der Waals surface area contributed by atoms with Gasteiger partial charge in [-0.3, -0.25) is 9.69 Å². The standard InChI is InChI=1S/C21H41N5O3/c1-6-21(7-2)17(15-18(21)29-8-3)24-20(23-16-19(27)25(4)5)22-9-10-26-11-13-28-14-12-26/h17-18H,6-16H2,1-5H3,(H2,22,23,24). The molecule has 168 valence electrons. The Morgan fingerprint density at radius 3 is 2.52 bits per heavy atom. The summed E-state index contributed by atoms with van der Waals surface area (Å²) >= 11 is 0. The maximum atomic E-state index is 12.0. The van der Waals surface area contributed by atoms with E-state index in [-0.39, 0.29) is 24.0 Å². The van der Waals surface area contributed by atoms with Gasteiger partial charge in [0, 0.05) is 58.3 Å². The number of aliphatic imine (C=N–C) groups is 1. The zero-order valence-corrected chi connectivity index (χ0v) is 19.0. The molecule has 8 nitrogen and oxygen atoms in total. The minimum absolute atomic E-state index is 0.00247. The van der Waals surface area contributed by atoms with Gasteiger partial charge in [-0.25, -0.2) is 4.99 Å². The van der Waals surface area contributed by atoms with Gasteiger partial charge in [0.15, 0.2) is 5.96 Å². The van der Waals surface area contributed by atoms with E-state index in [9.17, 15) is 4.79 Å². The Morgan fingerprint density at radius 2 is 1.93 bits per heavy atom. The largest absolute Gasteiger partial charge is 0.379 e. The predicted octanol–water partition coefficient (Wildman–Crippen LogP) is 0.926. The summed E-state index contributed by atoms with van der Waals surface area (Å²) in [6.07, 6.45) is 3.38. The maximum Gasteiger partial charge on any atom is 0.243 e. The van der Waals surface area contributed by atoms with Crippen LogP contribution in [0.5, 0.6) is 0 Å². The minimum Gasteiger partial charge on any atom is -0.379 e. The highest BCUT2D eigenvalue weighted by molar-refractivity contribution is 5.85. The summed E-state index contributed by atoms with van der Waals surface area (Å²) in [5.41, 5.74) is 0.119. The highest BCUT2D eigenvalue weighted by Gasteiger charge is 2.53. The van der Waals surface area contributed by atoms with E-state index in [2.05, 4.69) is 41.3 Å². The van der Waals surface area contributed by atoms with Crippen LogP contribution in [0.1, 0.15) is 40.0 Å². The molecule has 0 spiro atoms. The first-order valence-corrected chi connectivity index (χ1v) is 11.1. The molecule has 2 fully saturated rings. The maximum absolute atomic E-state index is 12.0. The van der Waals surface area contributed by atoms with E-state index in [0.717, 1.165) is 71.2 Å². The number of amides is 1. The summed E-state index contributed by atoms with van der Waals surface area (Å²) in [5, 5.41) is 7.05. The first kappa shape index (κ1) is 23.9. The number of carbonyl (C=O) groups excluding carboxylic acids is 1. The molecular formula is C21H41N5O3. The van der Waals surface area contributed by atoms with Gasteiger partial charge in [0.25, 0.3) is 0 Å². The van der Waals surface area contributed by atoms with Crippen molar-refractivity contribution in [2.24, 2.45) is 10.4 Å². The third-order valence-corrected chi connectivity index (χ3v) is 6.48. The predicted molar refractivity (Wildman–Crippen MR) is 116 cm³/mol. The van der Waals surface area contributed by atoms with Crippen LogP contribution in [-0.4, -0.2) is 100 Å². The lowest BCUT2D eigenvalue weighted by molar-refractivity contribution is -0.133. The zero-order chi connectivity index (χ0) is 21.3. The summed E-state index contributed by atoms with van der Waals surface area (Å²) in [6.45, 7) is 12.7. The summed E-state index contributed by atoms with van der Waals surface area (Å²) in [5.74, 6) is 0.719. The fourth-order valence-electron chi connectivity index (χ4n) is 4.35. The second kappa shape index (κ2) is 11.7. The fourth-order valence-corrected chi connectivity index (χ4v) is 4.35. The average molecular weight is 412 g/mol. The van der Waals surface area contributed by atoms with Crippen LogP contribution in [0, 0.1) is 5.41 Å². The third kappa shape index (κ3) is 6.30. The van der Waals surface area contributed by atoms with Crippen LogP contribution < -0.4 is 10.6 Å². The molecule has 2 unspecified atom stereocenters. The van der Waals surface area contributed by atoms with Crippen LogP contribution in [-0.2, 0) is 14.3 Å². The van der Waals surface area contributed by atoms with Crippen LogP contribution in [0.15, 0.2) is 4.99 Å². The van der Waals surface area contributed by atoms with Gasteiger partial charge >= 0.3 is 0 Å². The van der Waals surface area contributed by atoms with Crippen molar-refractivity contribution in [3.8, 4) is 0 Å². The molecule has 29 heavy (non-hydrogen) atoms. The second-order valence-corrected chi connectivity index (χ2v) is 8.15. The van der Waals surface area contributed by atoms with Gasteiger partial charge in [-0.2, -0.15) is 0 Å². The number of nitrogens with zero attached hydrogens (tertiary/aromatic N) is 3. The molecule has 1 aliphatic carbocycles. The lowest BCUT2D eigenvalue weighted by atomic mass is 9.58. The van der Waals surface area contributed by atoms with Crippen LogP contribution >= 0.6 is 0 Å². The number of morpholine rings is 1. The number of guanidine groups is 1. The molecule has 1 heterocycles. The molecular weight excluding hydrogens is 370 g/mol. The Hall–Kier alpha value is -1.38. The quantitative estimate of drug-likeness (QED) is 0.411. The van der Waals surface area contributed by atoms with Crippen molar-refractivity contribution in [3.05, 3.63) is 0 Å². The molecule has 0 aromatic carbocycles. The monoisotopic (exact) mass is 411 g/mol. The SMILES string of the molecule is CCOC1CC(NC(=NCC(=O)N(C)C)NCCN2CCOCC2)C1(CC)CC. The van der Waals surface area contributed by atoms with Crippen LogP contribution in [0.25, 0.3) is 0 Å². The van der Waals surface area contributed by atoms with Gasteiger partial charge in [0.05, 0.1) is 19.3 Å². The zero-order valence-electron chi connectivity index (χ0n) is 19.0. The van der Waals surface area contributed by atoms with Crippen molar-refractivity contribution in [2.45, 2.75) is 52.2 Å². The highest BCUT2D eigenvalue weighted by Crippen LogP contribution is 2.48. The second-order valence-electron chi connectivity index (χ2n) is 8.15. The summed E-state index contributed by atoms with van der Waals surface area (Å²) < 4.78 is 11.4. The molecule has 1 saturated heterocycles. The number of likely N-dealkylation sites (N-methyl/N-ethyl adjacent to an activating group) is 1. The molecule has 0 aromatic heterocycles. The Bertz CT molecular complexity index is 530. The van der Waals surface area contributed by atoms with Crippen LogP contribution in [0.2, 0.25) is 0 Å². The molecule has 0 bridgehead atoms. The van der Waals surface area contributed by atoms with Crippen LogP contribution in [0.3, 0.4) is 0 Å². The van der Waals surface area contributed by atoms with Crippen molar-refractivity contribution in [1.29, 1.82) is 0 Å². The van der Waals surface area contributed by atoms with E-state index in [1.54, 1.807) is 19.0 Å². The Kier molecular flexibility index (Phi) is 9.65. The molecule has 2 rings (SSSR count). The van der Waals surface area contributed by atoms with Gasteiger partial charge in [0.2, 0.25) is 5.91 Å².